The highest BCUT2D eigenvalue weighted by molar-refractivity contribution is 7.10. The van der Waals surface area contributed by atoms with E-state index in [1.165, 1.54) is 10.4 Å². The summed E-state index contributed by atoms with van der Waals surface area (Å²) in [5.74, 6) is 0. The highest BCUT2D eigenvalue weighted by Crippen LogP contribution is 2.29. The van der Waals surface area contributed by atoms with Crippen LogP contribution in [-0.4, -0.2) is 18.1 Å². The number of amidine groups is 1. The molecule has 0 N–H and O–H groups in total. The van der Waals surface area contributed by atoms with Gasteiger partial charge in [-0.05, 0) is 41.5 Å². The van der Waals surface area contributed by atoms with E-state index in [0.29, 0.717) is 18.5 Å². The first-order valence-corrected chi connectivity index (χ1v) is 7.07. The molecule has 0 bridgehead atoms. The SMILES string of the molecule is C=CCOCc1cc(C2CCC=NC(Cl)=N2)cs1. The van der Waals surface area contributed by atoms with Gasteiger partial charge in [0, 0.05) is 11.1 Å². The van der Waals surface area contributed by atoms with Crippen LogP contribution in [0.1, 0.15) is 29.3 Å². The minimum atomic E-state index is 0.115. The van der Waals surface area contributed by atoms with Gasteiger partial charge < -0.3 is 4.74 Å². The van der Waals surface area contributed by atoms with Gasteiger partial charge in [0.05, 0.1) is 19.3 Å². The maximum absolute atomic E-state index is 5.89. The van der Waals surface area contributed by atoms with E-state index in [-0.39, 0.29) is 6.04 Å². The molecule has 3 nitrogen and oxygen atoms in total. The van der Waals surface area contributed by atoms with Crippen molar-refractivity contribution in [3.05, 3.63) is 34.5 Å². The lowest BCUT2D eigenvalue weighted by atomic mass is 10.1. The molecule has 0 aliphatic carbocycles. The Balaban J connectivity index is 2.00. The normalized spacial score (nSPS) is 19.4. The Hall–Kier alpha value is -0.970. The highest BCUT2D eigenvalue weighted by Gasteiger charge is 2.14. The molecule has 2 rings (SSSR count). The second kappa shape index (κ2) is 6.83. The van der Waals surface area contributed by atoms with Gasteiger partial charge in [-0.25, -0.2) is 9.98 Å². The third-order valence-corrected chi connectivity index (χ3v) is 3.69. The summed E-state index contributed by atoms with van der Waals surface area (Å²) in [5.41, 5.74) is 1.20. The molecule has 1 aliphatic rings. The zero-order valence-corrected chi connectivity index (χ0v) is 11.6. The fourth-order valence-corrected chi connectivity index (χ4v) is 2.79. The monoisotopic (exact) mass is 282 g/mol. The van der Waals surface area contributed by atoms with Crippen molar-refractivity contribution in [2.24, 2.45) is 9.98 Å². The van der Waals surface area contributed by atoms with Gasteiger partial charge in [0.2, 0.25) is 5.29 Å². The van der Waals surface area contributed by atoms with E-state index in [9.17, 15) is 0 Å². The van der Waals surface area contributed by atoms with Crippen molar-refractivity contribution in [3.63, 3.8) is 0 Å². The van der Waals surface area contributed by atoms with Gasteiger partial charge in [0.1, 0.15) is 0 Å². The largest absolute Gasteiger partial charge is 0.372 e. The van der Waals surface area contributed by atoms with Crippen LogP contribution in [0.2, 0.25) is 0 Å². The predicted molar refractivity (Wildman–Crippen MR) is 77.9 cm³/mol. The quantitative estimate of drug-likeness (QED) is 0.457. The number of aliphatic imine (C=N–C) groups is 2. The molecule has 0 aromatic carbocycles. The first kappa shape index (κ1) is 13.5. The molecule has 5 heteroatoms. The van der Waals surface area contributed by atoms with E-state index in [1.807, 2.05) is 6.21 Å². The van der Waals surface area contributed by atoms with Gasteiger partial charge in [-0.15, -0.1) is 17.9 Å². The fraction of sp³-hybridized carbons (Fsp3) is 0.385. The van der Waals surface area contributed by atoms with Crippen molar-refractivity contribution < 1.29 is 4.74 Å². The van der Waals surface area contributed by atoms with Crippen LogP contribution in [0.5, 0.6) is 0 Å². The first-order chi connectivity index (χ1) is 8.79. The van der Waals surface area contributed by atoms with Gasteiger partial charge in [-0.1, -0.05) is 6.08 Å². The molecule has 0 spiro atoms. The second-order valence-corrected chi connectivity index (χ2v) is 5.29. The van der Waals surface area contributed by atoms with Crippen molar-refractivity contribution in [1.82, 2.24) is 0 Å². The molecule has 1 atom stereocenters. The van der Waals surface area contributed by atoms with Crippen molar-refractivity contribution >= 4 is 34.4 Å². The Morgan fingerprint density at radius 2 is 2.50 bits per heavy atom. The maximum Gasteiger partial charge on any atom is 0.217 e. The van der Waals surface area contributed by atoms with Crippen LogP contribution in [0.25, 0.3) is 0 Å². The van der Waals surface area contributed by atoms with E-state index in [0.717, 1.165) is 12.8 Å². The van der Waals surface area contributed by atoms with Crippen LogP contribution < -0.4 is 0 Å². The van der Waals surface area contributed by atoms with Crippen molar-refractivity contribution in [1.29, 1.82) is 0 Å². The molecule has 0 saturated heterocycles. The Bertz CT molecular complexity index is 467. The molecule has 1 aliphatic heterocycles. The number of rotatable bonds is 5. The number of halogens is 1. The van der Waals surface area contributed by atoms with Crippen LogP contribution in [0, 0.1) is 0 Å². The van der Waals surface area contributed by atoms with Crippen LogP contribution in [0.15, 0.2) is 34.1 Å². The third-order valence-electron chi connectivity index (χ3n) is 2.57. The molecule has 96 valence electrons. The van der Waals surface area contributed by atoms with E-state index >= 15 is 0 Å². The average Bonchev–Trinajstić information content (AvgIpc) is 2.72. The fourth-order valence-electron chi connectivity index (χ4n) is 1.73. The maximum atomic E-state index is 5.89. The molecule has 0 saturated carbocycles. The molecule has 1 aromatic rings. The molecule has 0 radical (unpaired) electrons. The molecular weight excluding hydrogens is 268 g/mol. The standard InChI is InChI=1S/C13H15ClN2OS/c1-2-6-17-8-11-7-10(9-18-11)12-4-3-5-15-13(14)16-12/h2,5,7,9,12H,1,3-4,6,8H2. The summed E-state index contributed by atoms with van der Waals surface area (Å²) in [6.45, 7) is 4.82. The summed E-state index contributed by atoms with van der Waals surface area (Å²) >= 11 is 7.58. The zero-order valence-electron chi connectivity index (χ0n) is 10.0. The first-order valence-electron chi connectivity index (χ1n) is 5.81. The van der Waals surface area contributed by atoms with Crippen molar-refractivity contribution in [2.75, 3.05) is 6.61 Å². The van der Waals surface area contributed by atoms with Gasteiger partial charge in [0.15, 0.2) is 0 Å². The Morgan fingerprint density at radius 1 is 1.61 bits per heavy atom. The van der Waals surface area contributed by atoms with E-state index in [2.05, 4.69) is 28.0 Å². The smallest absolute Gasteiger partial charge is 0.217 e. The Labute approximate surface area is 116 Å². The molecule has 1 aromatic heterocycles. The van der Waals surface area contributed by atoms with E-state index in [4.69, 9.17) is 16.3 Å². The minimum Gasteiger partial charge on any atom is -0.372 e. The molecule has 1 unspecified atom stereocenters. The molecule has 18 heavy (non-hydrogen) atoms. The summed E-state index contributed by atoms with van der Waals surface area (Å²) in [7, 11) is 0. The minimum absolute atomic E-state index is 0.115. The molecule has 2 heterocycles. The summed E-state index contributed by atoms with van der Waals surface area (Å²) in [4.78, 5) is 9.61. The van der Waals surface area contributed by atoms with Crippen LogP contribution >= 0.6 is 22.9 Å². The van der Waals surface area contributed by atoms with Gasteiger partial charge in [-0.2, -0.15) is 0 Å². The zero-order chi connectivity index (χ0) is 12.8. The summed E-state index contributed by atoms with van der Waals surface area (Å²) in [6, 6.07) is 2.25. The predicted octanol–water partition coefficient (Wildman–Crippen LogP) is 3.95. The summed E-state index contributed by atoms with van der Waals surface area (Å²) < 4.78 is 5.42. The van der Waals surface area contributed by atoms with Crippen molar-refractivity contribution in [3.8, 4) is 0 Å². The van der Waals surface area contributed by atoms with Crippen LogP contribution in [0.4, 0.5) is 0 Å². The second-order valence-electron chi connectivity index (χ2n) is 3.95. The average molecular weight is 283 g/mol. The lowest BCUT2D eigenvalue weighted by Crippen LogP contribution is -1.94. The Morgan fingerprint density at radius 3 is 3.33 bits per heavy atom. The highest BCUT2D eigenvalue weighted by atomic mass is 35.5. The van der Waals surface area contributed by atoms with Gasteiger partial charge >= 0.3 is 0 Å². The van der Waals surface area contributed by atoms with Gasteiger partial charge in [0.25, 0.3) is 0 Å². The molecule has 0 fully saturated rings. The lowest BCUT2D eigenvalue weighted by Gasteiger charge is -2.07. The van der Waals surface area contributed by atoms with Gasteiger partial charge in [-0.3, -0.25) is 0 Å². The molecular formula is C13H15ClN2OS. The van der Waals surface area contributed by atoms with E-state index in [1.54, 1.807) is 17.4 Å². The summed E-state index contributed by atoms with van der Waals surface area (Å²) in [6.07, 6.45) is 5.43. The van der Waals surface area contributed by atoms with E-state index < -0.39 is 0 Å². The summed E-state index contributed by atoms with van der Waals surface area (Å²) in [5, 5.41) is 2.46. The number of hydrogen-bond acceptors (Lipinski definition) is 4. The van der Waals surface area contributed by atoms with Crippen LogP contribution in [0.3, 0.4) is 0 Å². The number of thiophene rings is 1. The number of hydrogen-bond donors (Lipinski definition) is 0. The topological polar surface area (TPSA) is 34.0 Å². The molecule has 0 amide bonds. The third kappa shape index (κ3) is 3.77. The lowest BCUT2D eigenvalue weighted by molar-refractivity contribution is 0.151. The van der Waals surface area contributed by atoms with Crippen LogP contribution in [-0.2, 0) is 11.3 Å². The van der Waals surface area contributed by atoms with Crippen molar-refractivity contribution in [2.45, 2.75) is 25.5 Å². The number of nitrogens with zero attached hydrogens (tertiary/aromatic N) is 2. The number of ether oxygens (including phenoxy) is 1. The Kier molecular flexibility index (Phi) is 5.11.